The van der Waals surface area contributed by atoms with Gasteiger partial charge in [-0.15, -0.1) is 0 Å². The summed E-state index contributed by atoms with van der Waals surface area (Å²) in [5.74, 6) is 0.511. The molecule has 17 heavy (non-hydrogen) atoms. The summed E-state index contributed by atoms with van der Waals surface area (Å²) in [6, 6.07) is 5.51. The summed E-state index contributed by atoms with van der Waals surface area (Å²) >= 11 is 0. The van der Waals surface area contributed by atoms with Gasteiger partial charge in [0, 0.05) is 20.5 Å². The highest BCUT2D eigenvalue weighted by Gasteiger charge is 2.16. The van der Waals surface area contributed by atoms with Gasteiger partial charge in [0.2, 0.25) is 5.91 Å². The third-order valence-corrected chi connectivity index (χ3v) is 2.63. The lowest BCUT2D eigenvalue weighted by Gasteiger charge is -2.20. The number of fused-ring (bicyclic) bond motifs is 1. The summed E-state index contributed by atoms with van der Waals surface area (Å²) in [6.07, 6.45) is 0. The zero-order valence-corrected chi connectivity index (χ0v) is 9.82. The lowest BCUT2D eigenvalue weighted by molar-refractivity contribution is -0.128. The molecule has 0 aromatic heterocycles. The number of ether oxygens (including phenoxy) is 1. The highest BCUT2D eigenvalue weighted by Crippen LogP contribution is 2.28. The SMILES string of the molecule is CC(=O)N(C)Cc1ccc2c(c1)NC(=O)CO2. The van der Waals surface area contributed by atoms with E-state index in [-0.39, 0.29) is 18.4 Å². The van der Waals surface area contributed by atoms with E-state index in [1.54, 1.807) is 18.0 Å². The van der Waals surface area contributed by atoms with E-state index in [0.717, 1.165) is 5.56 Å². The molecule has 0 saturated heterocycles. The maximum atomic E-state index is 11.2. The van der Waals surface area contributed by atoms with E-state index in [4.69, 9.17) is 4.74 Å². The predicted molar refractivity (Wildman–Crippen MR) is 62.7 cm³/mol. The Labute approximate surface area is 99.4 Å². The highest BCUT2D eigenvalue weighted by molar-refractivity contribution is 5.95. The zero-order valence-electron chi connectivity index (χ0n) is 9.82. The van der Waals surface area contributed by atoms with E-state index < -0.39 is 0 Å². The lowest BCUT2D eigenvalue weighted by Crippen LogP contribution is -2.26. The van der Waals surface area contributed by atoms with E-state index in [1.807, 2.05) is 12.1 Å². The minimum absolute atomic E-state index is 0.00278. The van der Waals surface area contributed by atoms with E-state index in [0.29, 0.717) is 18.0 Å². The molecule has 1 aliphatic rings. The number of nitrogens with one attached hydrogen (secondary N) is 1. The van der Waals surface area contributed by atoms with Crippen LogP contribution in [0.3, 0.4) is 0 Å². The van der Waals surface area contributed by atoms with Crippen LogP contribution < -0.4 is 10.1 Å². The second-order valence-electron chi connectivity index (χ2n) is 4.04. The normalized spacial score (nSPS) is 13.4. The van der Waals surface area contributed by atoms with Crippen LogP contribution in [0, 0.1) is 0 Å². The van der Waals surface area contributed by atoms with E-state index in [2.05, 4.69) is 5.32 Å². The summed E-state index contributed by atoms with van der Waals surface area (Å²) in [7, 11) is 1.73. The number of anilines is 1. The molecular weight excluding hydrogens is 220 g/mol. The number of hydrogen-bond donors (Lipinski definition) is 1. The molecule has 1 aromatic carbocycles. The molecular formula is C12H14N2O3. The highest BCUT2D eigenvalue weighted by atomic mass is 16.5. The molecule has 0 unspecified atom stereocenters. The molecule has 0 spiro atoms. The maximum Gasteiger partial charge on any atom is 0.262 e. The third kappa shape index (κ3) is 2.55. The summed E-state index contributed by atoms with van der Waals surface area (Å²) in [5, 5.41) is 2.74. The van der Waals surface area contributed by atoms with E-state index >= 15 is 0 Å². The fraction of sp³-hybridized carbons (Fsp3) is 0.333. The predicted octanol–water partition coefficient (Wildman–Crippen LogP) is 0.996. The minimum atomic E-state index is -0.158. The van der Waals surface area contributed by atoms with Crippen molar-refractivity contribution in [3.8, 4) is 5.75 Å². The first kappa shape index (κ1) is 11.4. The van der Waals surface area contributed by atoms with Gasteiger partial charge in [-0.1, -0.05) is 6.07 Å². The van der Waals surface area contributed by atoms with E-state index in [1.165, 1.54) is 6.92 Å². The Morgan fingerprint density at radius 2 is 2.29 bits per heavy atom. The molecule has 0 aliphatic carbocycles. The average Bonchev–Trinajstić information content (AvgIpc) is 2.28. The minimum Gasteiger partial charge on any atom is -0.482 e. The second kappa shape index (κ2) is 4.45. The van der Waals surface area contributed by atoms with Gasteiger partial charge in [-0.05, 0) is 17.7 Å². The van der Waals surface area contributed by atoms with Crippen molar-refractivity contribution >= 4 is 17.5 Å². The Morgan fingerprint density at radius 1 is 1.53 bits per heavy atom. The van der Waals surface area contributed by atoms with Crippen LogP contribution >= 0.6 is 0 Å². The first-order valence-electron chi connectivity index (χ1n) is 5.33. The number of rotatable bonds is 2. The van der Waals surface area contributed by atoms with Crippen molar-refractivity contribution in [3.05, 3.63) is 23.8 Å². The molecule has 2 rings (SSSR count). The smallest absolute Gasteiger partial charge is 0.262 e. The first-order valence-corrected chi connectivity index (χ1v) is 5.33. The van der Waals surface area contributed by atoms with Crippen molar-refractivity contribution in [2.45, 2.75) is 13.5 Å². The Kier molecular flexibility index (Phi) is 2.99. The molecule has 1 aliphatic heterocycles. The van der Waals surface area contributed by atoms with Crippen LogP contribution in [0.15, 0.2) is 18.2 Å². The largest absolute Gasteiger partial charge is 0.482 e. The van der Waals surface area contributed by atoms with Gasteiger partial charge in [0.15, 0.2) is 6.61 Å². The Morgan fingerprint density at radius 3 is 3.00 bits per heavy atom. The number of benzene rings is 1. The van der Waals surface area contributed by atoms with Gasteiger partial charge in [-0.2, -0.15) is 0 Å². The molecule has 0 saturated carbocycles. The van der Waals surface area contributed by atoms with Gasteiger partial charge in [0.05, 0.1) is 5.69 Å². The molecule has 0 atom stereocenters. The molecule has 1 heterocycles. The molecule has 0 radical (unpaired) electrons. The number of amides is 2. The van der Waals surface area contributed by atoms with Crippen molar-refractivity contribution in [1.29, 1.82) is 0 Å². The van der Waals surface area contributed by atoms with Crippen LogP contribution in [0.4, 0.5) is 5.69 Å². The summed E-state index contributed by atoms with van der Waals surface area (Å²) in [6.45, 7) is 2.08. The first-order chi connectivity index (χ1) is 8.06. The zero-order chi connectivity index (χ0) is 12.4. The van der Waals surface area contributed by atoms with Gasteiger partial charge in [0.25, 0.3) is 5.91 Å². The topological polar surface area (TPSA) is 58.6 Å². The monoisotopic (exact) mass is 234 g/mol. The van der Waals surface area contributed by atoms with Crippen LogP contribution in [0.1, 0.15) is 12.5 Å². The molecule has 0 bridgehead atoms. The standard InChI is InChI=1S/C12H14N2O3/c1-8(15)14(2)6-9-3-4-11-10(5-9)13-12(16)7-17-11/h3-5H,6-7H2,1-2H3,(H,13,16). The molecule has 5 nitrogen and oxygen atoms in total. The number of carbonyl (C=O) groups is 2. The Hall–Kier alpha value is -2.04. The fourth-order valence-electron chi connectivity index (χ4n) is 1.61. The quantitative estimate of drug-likeness (QED) is 0.830. The van der Waals surface area contributed by atoms with E-state index in [9.17, 15) is 9.59 Å². The molecule has 2 amide bonds. The summed E-state index contributed by atoms with van der Waals surface area (Å²) in [4.78, 5) is 23.9. The van der Waals surface area contributed by atoms with Crippen LogP contribution in [-0.2, 0) is 16.1 Å². The third-order valence-electron chi connectivity index (χ3n) is 2.63. The molecule has 1 N–H and O–H groups in total. The molecule has 90 valence electrons. The molecule has 1 aromatic rings. The number of carbonyl (C=O) groups excluding carboxylic acids is 2. The van der Waals surface area contributed by atoms with Crippen molar-refractivity contribution < 1.29 is 14.3 Å². The fourth-order valence-corrected chi connectivity index (χ4v) is 1.61. The van der Waals surface area contributed by atoms with Gasteiger partial charge >= 0.3 is 0 Å². The Bertz CT molecular complexity index is 471. The van der Waals surface area contributed by atoms with Gasteiger partial charge in [-0.3, -0.25) is 9.59 Å². The van der Waals surface area contributed by atoms with Gasteiger partial charge < -0.3 is 15.0 Å². The van der Waals surface area contributed by atoms with Gasteiger partial charge in [0.1, 0.15) is 5.75 Å². The maximum absolute atomic E-state index is 11.2. The van der Waals surface area contributed by atoms with Crippen molar-refractivity contribution in [2.75, 3.05) is 19.0 Å². The van der Waals surface area contributed by atoms with Crippen LogP contribution in [-0.4, -0.2) is 30.4 Å². The second-order valence-corrected chi connectivity index (χ2v) is 4.04. The number of nitrogens with zero attached hydrogens (tertiary/aromatic N) is 1. The van der Waals surface area contributed by atoms with Crippen LogP contribution in [0.2, 0.25) is 0 Å². The van der Waals surface area contributed by atoms with Crippen molar-refractivity contribution in [3.63, 3.8) is 0 Å². The number of hydrogen-bond acceptors (Lipinski definition) is 3. The van der Waals surface area contributed by atoms with Crippen molar-refractivity contribution in [2.24, 2.45) is 0 Å². The summed E-state index contributed by atoms with van der Waals surface area (Å²) in [5.41, 5.74) is 1.61. The van der Waals surface area contributed by atoms with Crippen LogP contribution in [0.5, 0.6) is 5.75 Å². The summed E-state index contributed by atoms with van der Waals surface area (Å²) < 4.78 is 5.25. The average molecular weight is 234 g/mol. The Balaban J connectivity index is 2.18. The molecule has 0 fully saturated rings. The van der Waals surface area contributed by atoms with Crippen molar-refractivity contribution in [1.82, 2.24) is 4.90 Å². The van der Waals surface area contributed by atoms with Gasteiger partial charge in [-0.25, -0.2) is 0 Å². The van der Waals surface area contributed by atoms with Crippen LogP contribution in [0.25, 0.3) is 0 Å². The lowest BCUT2D eigenvalue weighted by atomic mass is 10.1. The molecule has 5 heteroatoms.